The summed E-state index contributed by atoms with van der Waals surface area (Å²) in [5, 5.41) is 8.67. The van der Waals surface area contributed by atoms with E-state index in [4.69, 9.17) is 9.84 Å². The van der Waals surface area contributed by atoms with Gasteiger partial charge in [0.25, 0.3) is 0 Å². The van der Waals surface area contributed by atoms with Crippen LogP contribution in [0.3, 0.4) is 0 Å². The summed E-state index contributed by atoms with van der Waals surface area (Å²) in [5.41, 5.74) is 1.79. The number of hydrogen-bond acceptors (Lipinski definition) is 3. The number of carbonyl (C=O) groups is 2. The molecule has 0 atom stereocenters. The zero-order valence-corrected chi connectivity index (χ0v) is 12.7. The Hall–Kier alpha value is -2.30. The Morgan fingerprint density at radius 2 is 2.05 bits per heavy atom. The fraction of sp³-hybridized carbons (Fsp3) is 0.412. The molecular formula is C17H21NO4. The fourth-order valence-corrected chi connectivity index (χ4v) is 2.53. The van der Waals surface area contributed by atoms with E-state index in [0.717, 1.165) is 23.3 Å². The van der Waals surface area contributed by atoms with Crippen molar-refractivity contribution >= 4 is 11.9 Å². The standard InChI is InChI=1S/C17H21NO4/c1-22-15-9-7-13(8-10-15)12-18-11-3-5-14(17(18)21)4-2-6-16(19)20/h5,7-10H,2-4,6,11-12H2,1H3,(H,19,20). The first-order valence-electron chi connectivity index (χ1n) is 7.43. The quantitative estimate of drug-likeness (QED) is 0.841. The second kappa shape index (κ2) is 7.64. The predicted molar refractivity (Wildman–Crippen MR) is 82.6 cm³/mol. The van der Waals surface area contributed by atoms with Crippen LogP contribution < -0.4 is 4.74 Å². The van der Waals surface area contributed by atoms with Gasteiger partial charge in [-0.2, -0.15) is 0 Å². The predicted octanol–water partition coefficient (Wildman–Crippen LogP) is 2.61. The van der Waals surface area contributed by atoms with Crippen LogP contribution in [0.1, 0.15) is 31.2 Å². The molecule has 1 aliphatic heterocycles. The van der Waals surface area contributed by atoms with E-state index >= 15 is 0 Å². The number of hydrogen-bond donors (Lipinski definition) is 1. The van der Waals surface area contributed by atoms with Crippen LogP contribution in [0.15, 0.2) is 35.9 Å². The molecule has 0 bridgehead atoms. The molecule has 5 heteroatoms. The van der Waals surface area contributed by atoms with Gasteiger partial charge in [-0.3, -0.25) is 9.59 Å². The van der Waals surface area contributed by atoms with E-state index in [1.165, 1.54) is 0 Å². The van der Waals surface area contributed by atoms with Crippen molar-refractivity contribution in [2.24, 2.45) is 0 Å². The van der Waals surface area contributed by atoms with Gasteiger partial charge in [0, 0.05) is 25.1 Å². The largest absolute Gasteiger partial charge is 0.497 e. The van der Waals surface area contributed by atoms with Gasteiger partial charge in [0.1, 0.15) is 5.75 Å². The van der Waals surface area contributed by atoms with Crippen molar-refractivity contribution in [1.82, 2.24) is 4.90 Å². The lowest BCUT2D eigenvalue weighted by Gasteiger charge is -2.27. The summed E-state index contributed by atoms with van der Waals surface area (Å²) >= 11 is 0. The maximum Gasteiger partial charge on any atom is 0.303 e. The molecule has 0 unspecified atom stereocenters. The topological polar surface area (TPSA) is 66.8 Å². The average Bonchev–Trinajstić information content (AvgIpc) is 2.51. The Balaban J connectivity index is 1.93. The maximum atomic E-state index is 12.4. The van der Waals surface area contributed by atoms with Gasteiger partial charge >= 0.3 is 5.97 Å². The third-order valence-corrected chi connectivity index (χ3v) is 3.72. The molecule has 2 rings (SSSR count). The Morgan fingerprint density at radius 1 is 1.32 bits per heavy atom. The maximum absolute atomic E-state index is 12.4. The van der Waals surface area contributed by atoms with Crippen LogP contribution in [0.25, 0.3) is 0 Å². The lowest BCUT2D eigenvalue weighted by molar-refractivity contribution is -0.137. The van der Waals surface area contributed by atoms with Crippen molar-refractivity contribution in [2.45, 2.75) is 32.2 Å². The van der Waals surface area contributed by atoms with Gasteiger partial charge in [-0.15, -0.1) is 0 Å². The molecule has 118 valence electrons. The molecule has 22 heavy (non-hydrogen) atoms. The van der Waals surface area contributed by atoms with Crippen molar-refractivity contribution < 1.29 is 19.4 Å². The van der Waals surface area contributed by atoms with Gasteiger partial charge in [-0.25, -0.2) is 0 Å². The van der Waals surface area contributed by atoms with E-state index in [2.05, 4.69) is 0 Å². The number of ether oxygens (including phenoxy) is 1. The van der Waals surface area contributed by atoms with Crippen LogP contribution in [0.5, 0.6) is 5.75 Å². The van der Waals surface area contributed by atoms with Gasteiger partial charge in [0.2, 0.25) is 5.91 Å². The smallest absolute Gasteiger partial charge is 0.303 e. The lowest BCUT2D eigenvalue weighted by atomic mass is 10.0. The van der Waals surface area contributed by atoms with E-state index in [1.54, 1.807) is 7.11 Å². The zero-order chi connectivity index (χ0) is 15.9. The number of carbonyl (C=O) groups excluding carboxylic acids is 1. The van der Waals surface area contributed by atoms with Crippen molar-refractivity contribution in [2.75, 3.05) is 13.7 Å². The molecule has 0 aromatic heterocycles. The third-order valence-electron chi connectivity index (χ3n) is 3.72. The van der Waals surface area contributed by atoms with Crippen LogP contribution in [-0.4, -0.2) is 35.5 Å². The summed E-state index contributed by atoms with van der Waals surface area (Å²) in [6, 6.07) is 7.67. The average molecular weight is 303 g/mol. The first-order chi connectivity index (χ1) is 10.6. The molecule has 1 amide bonds. The normalized spacial score (nSPS) is 14.7. The van der Waals surface area contributed by atoms with Gasteiger partial charge < -0.3 is 14.7 Å². The number of benzene rings is 1. The number of rotatable bonds is 7. The van der Waals surface area contributed by atoms with E-state index in [-0.39, 0.29) is 12.3 Å². The zero-order valence-electron chi connectivity index (χ0n) is 12.7. The first kappa shape index (κ1) is 16.1. The fourth-order valence-electron chi connectivity index (χ4n) is 2.53. The molecule has 1 aromatic rings. The molecule has 0 fully saturated rings. The minimum atomic E-state index is -0.820. The van der Waals surface area contributed by atoms with Crippen molar-refractivity contribution in [3.8, 4) is 5.75 Å². The second-order valence-corrected chi connectivity index (χ2v) is 5.34. The number of carboxylic acids is 1. The Labute approximate surface area is 130 Å². The Morgan fingerprint density at radius 3 is 2.68 bits per heavy atom. The van der Waals surface area contributed by atoms with Gasteiger partial charge in [-0.1, -0.05) is 18.2 Å². The van der Waals surface area contributed by atoms with Crippen LogP contribution in [0.4, 0.5) is 0 Å². The lowest BCUT2D eigenvalue weighted by Crippen LogP contribution is -2.35. The number of nitrogens with zero attached hydrogens (tertiary/aromatic N) is 1. The molecular weight excluding hydrogens is 282 g/mol. The van der Waals surface area contributed by atoms with Gasteiger partial charge in [0.05, 0.1) is 7.11 Å². The van der Waals surface area contributed by atoms with Gasteiger partial charge in [0.15, 0.2) is 0 Å². The SMILES string of the molecule is COc1ccc(CN2CCC=C(CCCC(=O)O)C2=O)cc1. The van der Waals surface area contributed by atoms with Crippen LogP contribution in [-0.2, 0) is 16.1 Å². The molecule has 0 spiro atoms. The molecule has 0 saturated carbocycles. The molecule has 1 N–H and O–H groups in total. The molecule has 1 aromatic carbocycles. The van der Waals surface area contributed by atoms with Crippen LogP contribution >= 0.6 is 0 Å². The summed E-state index contributed by atoms with van der Waals surface area (Å²) < 4.78 is 5.12. The highest BCUT2D eigenvalue weighted by atomic mass is 16.5. The molecule has 5 nitrogen and oxygen atoms in total. The highest BCUT2D eigenvalue weighted by molar-refractivity contribution is 5.94. The van der Waals surface area contributed by atoms with Crippen LogP contribution in [0, 0.1) is 0 Å². The monoisotopic (exact) mass is 303 g/mol. The van der Waals surface area contributed by atoms with Crippen molar-refractivity contribution in [3.05, 3.63) is 41.5 Å². The third kappa shape index (κ3) is 4.35. The van der Waals surface area contributed by atoms with Crippen molar-refractivity contribution in [1.29, 1.82) is 0 Å². The minimum Gasteiger partial charge on any atom is -0.497 e. The first-order valence-corrected chi connectivity index (χ1v) is 7.43. The number of amides is 1. The summed E-state index contributed by atoms with van der Waals surface area (Å²) in [6.45, 7) is 1.27. The van der Waals surface area contributed by atoms with E-state index in [9.17, 15) is 9.59 Å². The highest BCUT2D eigenvalue weighted by Gasteiger charge is 2.21. The van der Waals surface area contributed by atoms with Gasteiger partial charge in [-0.05, 0) is 37.0 Å². The summed E-state index contributed by atoms with van der Waals surface area (Å²) in [5.74, 6) is -0.00520. The Bertz CT molecular complexity index is 563. The number of carboxylic acid groups (broad SMARTS) is 1. The summed E-state index contributed by atoms with van der Waals surface area (Å²) in [6.07, 6.45) is 3.90. The number of methoxy groups -OCH3 is 1. The molecule has 0 saturated heterocycles. The van der Waals surface area contributed by atoms with Crippen LogP contribution in [0.2, 0.25) is 0 Å². The Kier molecular flexibility index (Phi) is 5.58. The summed E-state index contributed by atoms with van der Waals surface area (Å²) in [4.78, 5) is 24.8. The molecule has 0 aliphatic carbocycles. The van der Waals surface area contributed by atoms with E-state index in [0.29, 0.717) is 25.9 Å². The number of aliphatic carboxylic acids is 1. The minimum absolute atomic E-state index is 0.0208. The summed E-state index contributed by atoms with van der Waals surface area (Å²) in [7, 11) is 1.62. The van der Waals surface area contributed by atoms with E-state index in [1.807, 2.05) is 35.2 Å². The second-order valence-electron chi connectivity index (χ2n) is 5.34. The highest BCUT2D eigenvalue weighted by Crippen LogP contribution is 2.20. The van der Waals surface area contributed by atoms with E-state index < -0.39 is 5.97 Å². The molecule has 1 heterocycles. The molecule has 0 radical (unpaired) electrons. The van der Waals surface area contributed by atoms with Crippen molar-refractivity contribution in [3.63, 3.8) is 0 Å². The molecule has 1 aliphatic rings.